The first-order valence-electron chi connectivity index (χ1n) is 12.3. The molecule has 0 heterocycles. The monoisotopic (exact) mass is 406 g/mol. The maximum absolute atomic E-state index is 11.6. The fraction of sp³-hybridized carbons (Fsp3) is 0.960. The Hall–Kier alpha value is -0.610. The van der Waals surface area contributed by atoms with E-state index in [4.69, 9.17) is 5.11 Å². The minimum atomic E-state index is -0.680. The smallest absolute Gasteiger partial charge is 0.303 e. The van der Waals surface area contributed by atoms with E-state index in [2.05, 4.69) is 20.8 Å². The van der Waals surface area contributed by atoms with Gasteiger partial charge in [-0.25, -0.2) is 0 Å². The average Bonchev–Trinajstić information content (AvgIpc) is 3.00. The summed E-state index contributed by atoms with van der Waals surface area (Å²) in [6.45, 7) is 7.16. The number of carboxylic acid groups (broad SMARTS) is 1. The standard InChI is InChI=1S/C25H42O4/c1-4-17-20-14-16(26)10-12-25(20,3)19-11-13-24(2)15(6-5-7-21(27)28)8-9-18(24)22(19)23(17)29/h15-20,22-23,26,29H,4-14H2,1-3H3,(H,27,28)/t15-,16+,17+,18-,19-,20-,22-,23+,24+,25+/m0/s1. The number of fused-ring (bicyclic) bond motifs is 5. The molecule has 0 saturated heterocycles. The summed E-state index contributed by atoms with van der Waals surface area (Å²) in [7, 11) is 0. The lowest BCUT2D eigenvalue weighted by molar-refractivity contribution is -0.202. The number of aliphatic carboxylic acids is 1. The van der Waals surface area contributed by atoms with Gasteiger partial charge in [0, 0.05) is 6.42 Å². The molecule has 4 fully saturated rings. The van der Waals surface area contributed by atoms with Crippen molar-refractivity contribution in [2.24, 2.45) is 46.3 Å². The van der Waals surface area contributed by atoms with Crippen molar-refractivity contribution in [3.8, 4) is 0 Å². The van der Waals surface area contributed by atoms with E-state index in [0.717, 1.165) is 38.5 Å². The SMILES string of the molecule is CC[C@H]1[C@@H](O)[C@@H]2[C@H](CC[C@]3(C)[C@@H](CCCC(=O)O)CC[C@@H]23)[C@@]2(C)CC[C@@H](O)C[C@@H]12. The van der Waals surface area contributed by atoms with Crippen molar-refractivity contribution in [2.75, 3.05) is 0 Å². The van der Waals surface area contributed by atoms with Crippen LogP contribution in [0.2, 0.25) is 0 Å². The van der Waals surface area contributed by atoms with Crippen LogP contribution in [0, 0.1) is 46.3 Å². The predicted molar refractivity (Wildman–Crippen MR) is 113 cm³/mol. The van der Waals surface area contributed by atoms with Crippen LogP contribution in [0.5, 0.6) is 0 Å². The highest BCUT2D eigenvalue weighted by Crippen LogP contribution is 2.69. The number of hydrogen-bond acceptors (Lipinski definition) is 3. The normalized spacial score (nSPS) is 51.8. The van der Waals surface area contributed by atoms with Crippen molar-refractivity contribution >= 4 is 5.97 Å². The first kappa shape index (κ1) is 21.6. The molecule has 0 unspecified atom stereocenters. The minimum Gasteiger partial charge on any atom is -0.481 e. The highest BCUT2D eigenvalue weighted by Gasteiger charge is 2.64. The number of rotatable bonds is 5. The summed E-state index contributed by atoms with van der Waals surface area (Å²) >= 11 is 0. The summed E-state index contributed by atoms with van der Waals surface area (Å²) in [5, 5.41) is 31.1. The Balaban J connectivity index is 1.59. The van der Waals surface area contributed by atoms with Gasteiger partial charge in [0.2, 0.25) is 0 Å². The highest BCUT2D eigenvalue weighted by atomic mass is 16.4. The molecule has 4 aliphatic rings. The lowest BCUT2D eigenvalue weighted by atomic mass is 9.41. The lowest BCUT2D eigenvalue weighted by Gasteiger charge is -2.64. The molecule has 4 saturated carbocycles. The van der Waals surface area contributed by atoms with Crippen LogP contribution in [0.4, 0.5) is 0 Å². The molecule has 0 aromatic rings. The number of hydrogen-bond donors (Lipinski definition) is 3. The zero-order chi connectivity index (χ0) is 21.0. The van der Waals surface area contributed by atoms with Crippen LogP contribution in [-0.4, -0.2) is 33.5 Å². The van der Waals surface area contributed by atoms with Crippen LogP contribution in [0.25, 0.3) is 0 Å². The maximum Gasteiger partial charge on any atom is 0.303 e. The molecule has 0 spiro atoms. The van der Waals surface area contributed by atoms with E-state index < -0.39 is 5.97 Å². The van der Waals surface area contributed by atoms with E-state index in [0.29, 0.717) is 35.5 Å². The minimum absolute atomic E-state index is 0.190. The molecule has 0 bridgehead atoms. The zero-order valence-corrected chi connectivity index (χ0v) is 18.6. The third kappa shape index (κ3) is 3.37. The van der Waals surface area contributed by atoms with Gasteiger partial charge < -0.3 is 15.3 Å². The molecular formula is C25H42O4. The number of carbonyl (C=O) groups is 1. The molecule has 166 valence electrons. The van der Waals surface area contributed by atoms with Gasteiger partial charge >= 0.3 is 5.97 Å². The quantitative estimate of drug-likeness (QED) is 0.609. The van der Waals surface area contributed by atoms with E-state index in [1.807, 2.05) is 0 Å². The van der Waals surface area contributed by atoms with Crippen LogP contribution in [-0.2, 0) is 4.79 Å². The Bertz CT molecular complexity index is 620. The molecule has 0 amide bonds. The topological polar surface area (TPSA) is 77.8 Å². The van der Waals surface area contributed by atoms with Gasteiger partial charge in [0.15, 0.2) is 0 Å². The van der Waals surface area contributed by atoms with Crippen LogP contribution >= 0.6 is 0 Å². The zero-order valence-electron chi connectivity index (χ0n) is 18.6. The fourth-order valence-electron chi connectivity index (χ4n) is 9.04. The summed E-state index contributed by atoms with van der Waals surface area (Å²) in [6.07, 6.45) is 10.4. The molecule has 3 N–H and O–H groups in total. The van der Waals surface area contributed by atoms with E-state index in [9.17, 15) is 15.0 Å². The largest absolute Gasteiger partial charge is 0.481 e. The number of carboxylic acids is 1. The second kappa shape index (κ2) is 7.82. The van der Waals surface area contributed by atoms with E-state index in [1.54, 1.807) is 0 Å². The van der Waals surface area contributed by atoms with Crippen LogP contribution < -0.4 is 0 Å². The van der Waals surface area contributed by atoms with Gasteiger partial charge in [-0.1, -0.05) is 27.2 Å². The van der Waals surface area contributed by atoms with E-state index in [-0.39, 0.29) is 29.5 Å². The Labute approximate surface area is 176 Å². The molecule has 0 aliphatic heterocycles. The molecule has 0 aromatic heterocycles. The summed E-state index contributed by atoms with van der Waals surface area (Å²) in [4.78, 5) is 11.0. The highest BCUT2D eigenvalue weighted by molar-refractivity contribution is 5.66. The molecule has 29 heavy (non-hydrogen) atoms. The Kier molecular flexibility index (Phi) is 5.83. The Morgan fingerprint density at radius 3 is 2.34 bits per heavy atom. The van der Waals surface area contributed by atoms with Gasteiger partial charge in [0.05, 0.1) is 12.2 Å². The fourth-order valence-corrected chi connectivity index (χ4v) is 9.04. The van der Waals surface area contributed by atoms with E-state index >= 15 is 0 Å². The molecule has 4 aliphatic carbocycles. The van der Waals surface area contributed by atoms with E-state index in [1.165, 1.54) is 25.7 Å². The predicted octanol–water partition coefficient (Wildman–Crippen LogP) is 4.87. The summed E-state index contributed by atoms with van der Waals surface area (Å²) < 4.78 is 0. The average molecular weight is 407 g/mol. The molecule has 4 rings (SSSR count). The third-order valence-corrected chi connectivity index (χ3v) is 10.5. The second-order valence-corrected chi connectivity index (χ2v) is 11.5. The van der Waals surface area contributed by atoms with Crippen molar-refractivity contribution in [1.82, 2.24) is 0 Å². The third-order valence-electron chi connectivity index (χ3n) is 10.5. The molecule has 0 radical (unpaired) electrons. The molecule has 10 atom stereocenters. The Morgan fingerprint density at radius 2 is 1.66 bits per heavy atom. The number of aliphatic hydroxyl groups excluding tert-OH is 2. The summed E-state index contributed by atoms with van der Waals surface area (Å²) in [5.41, 5.74) is 0.517. The van der Waals surface area contributed by atoms with Crippen molar-refractivity contribution in [2.45, 2.75) is 104 Å². The van der Waals surface area contributed by atoms with Crippen LogP contribution in [0.1, 0.15) is 91.4 Å². The number of aliphatic hydroxyl groups is 2. The summed E-state index contributed by atoms with van der Waals surface area (Å²) in [6, 6.07) is 0. The van der Waals surface area contributed by atoms with Gasteiger partial charge in [-0.2, -0.15) is 0 Å². The molecule has 0 aromatic carbocycles. The van der Waals surface area contributed by atoms with Crippen LogP contribution in [0.15, 0.2) is 0 Å². The molecular weight excluding hydrogens is 364 g/mol. The van der Waals surface area contributed by atoms with Crippen molar-refractivity contribution < 1.29 is 20.1 Å². The Morgan fingerprint density at radius 1 is 0.966 bits per heavy atom. The maximum atomic E-state index is 11.6. The van der Waals surface area contributed by atoms with Crippen molar-refractivity contribution in [3.63, 3.8) is 0 Å². The van der Waals surface area contributed by atoms with Gasteiger partial charge in [-0.3, -0.25) is 4.79 Å². The first-order chi connectivity index (χ1) is 13.7. The van der Waals surface area contributed by atoms with Crippen molar-refractivity contribution in [3.05, 3.63) is 0 Å². The first-order valence-corrected chi connectivity index (χ1v) is 12.3. The van der Waals surface area contributed by atoms with Gasteiger partial charge in [0.1, 0.15) is 0 Å². The summed E-state index contributed by atoms with van der Waals surface area (Å²) in [5.74, 6) is 2.23. The van der Waals surface area contributed by atoms with Gasteiger partial charge in [0.25, 0.3) is 0 Å². The van der Waals surface area contributed by atoms with Crippen molar-refractivity contribution in [1.29, 1.82) is 0 Å². The second-order valence-electron chi connectivity index (χ2n) is 11.5. The van der Waals surface area contributed by atoms with Crippen LogP contribution in [0.3, 0.4) is 0 Å². The lowest BCUT2D eigenvalue weighted by Crippen LogP contribution is -2.62. The van der Waals surface area contributed by atoms with Gasteiger partial charge in [-0.15, -0.1) is 0 Å². The molecule has 4 heteroatoms. The van der Waals surface area contributed by atoms with Gasteiger partial charge in [-0.05, 0) is 104 Å². The molecule has 4 nitrogen and oxygen atoms in total.